The maximum absolute atomic E-state index is 13.5. The Bertz CT molecular complexity index is 818. The van der Waals surface area contributed by atoms with Crippen molar-refractivity contribution in [2.45, 2.75) is 32.4 Å². The van der Waals surface area contributed by atoms with Gasteiger partial charge in [0.05, 0.1) is 6.54 Å². The lowest BCUT2D eigenvalue weighted by atomic mass is 10.1. The Morgan fingerprint density at radius 2 is 1.89 bits per heavy atom. The minimum absolute atomic E-state index is 0.160. The predicted molar refractivity (Wildman–Crippen MR) is 102 cm³/mol. The van der Waals surface area contributed by atoms with Crippen LogP contribution in [0.4, 0.5) is 4.39 Å². The molecule has 0 unspecified atom stereocenters. The van der Waals surface area contributed by atoms with Gasteiger partial charge in [-0.15, -0.1) is 0 Å². The summed E-state index contributed by atoms with van der Waals surface area (Å²) in [6, 6.07) is 12.2. The number of fused-ring (bicyclic) bond motifs is 1. The number of likely N-dealkylation sites (tertiary alicyclic amines) is 1. The zero-order valence-electron chi connectivity index (χ0n) is 15.5. The third kappa shape index (κ3) is 4.30. The van der Waals surface area contributed by atoms with E-state index in [9.17, 15) is 9.18 Å². The molecule has 5 heteroatoms. The summed E-state index contributed by atoms with van der Waals surface area (Å²) in [5.74, 6) is 0.287. The van der Waals surface area contributed by atoms with E-state index >= 15 is 0 Å². The van der Waals surface area contributed by atoms with Gasteiger partial charge in [-0.3, -0.25) is 9.69 Å². The molecule has 0 spiro atoms. The highest BCUT2D eigenvalue weighted by Crippen LogP contribution is 2.26. The van der Waals surface area contributed by atoms with Crippen molar-refractivity contribution in [2.75, 3.05) is 26.2 Å². The number of rotatable bonds is 3. The molecule has 1 amide bonds. The first-order valence-corrected chi connectivity index (χ1v) is 9.71. The molecule has 27 heavy (non-hydrogen) atoms. The number of nitrogens with zero attached hydrogens (tertiary/aromatic N) is 2. The largest absolute Gasteiger partial charge is 0.491 e. The van der Waals surface area contributed by atoms with Crippen molar-refractivity contribution >= 4 is 5.91 Å². The molecule has 0 saturated carbocycles. The fraction of sp³-hybridized carbons (Fsp3) is 0.409. The summed E-state index contributed by atoms with van der Waals surface area (Å²) in [5.41, 5.74) is 2.65. The standard InChI is InChI=1S/C22H25FN2O2/c23-20-6-4-5-18(14-20)22(26)25-11-12-27-21-8-7-17(13-19(21)16-25)15-24-9-2-1-3-10-24/h4-8,13-14H,1-3,9-12,15-16H2. The van der Waals surface area contributed by atoms with Gasteiger partial charge >= 0.3 is 0 Å². The Labute approximate surface area is 159 Å². The van der Waals surface area contributed by atoms with E-state index in [4.69, 9.17) is 4.74 Å². The van der Waals surface area contributed by atoms with E-state index < -0.39 is 5.82 Å². The molecule has 0 aliphatic carbocycles. The Kier molecular flexibility index (Phi) is 5.39. The Morgan fingerprint density at radius 3 is 2.70 bits per heavy atom. The summed E-state index contributed by atoms with van der Waals surface area (Å²) in [6.07, 6.45) is 3.86. The number of carbonyl (C=O) groups is 1. The number of halogens is 1. The molecule has 0 atom stereocenters. The van der Waals surface area contributed by atoms with E-state index in [-0.39, 0.29) is 5.91 Å². The van der Waals surface area contributed by atoms with E-state index in [1.54, 1.807) is 17.0 Å². The first-order chi connectivity index (χ1) is 13.2. The van der Waals surface area contributed by atoms with E-state index in [1.807, 2.05) is 6.07 Å². The van der Waals surface area contributed by atoms with Gasteiger partial charge in [0, 0.05) is 24.2 Å². The third-order valence-corrected chi connectivity index (χ3v) is 5.32. The minimum Gasteiger partial charge on any atom is -0.491 e. The molecule has 142 valence electrons. The van der Waals surface area contributed by atoms with Gasteiger partial charge in [0.1, 0.15) is 18.2 Å². The van der Waals surface area contributed by atoms with Gasteiger partial charge in [-0.05, 0) is 61.8 Å². The van der Waals surface area contributed by atoms with Crippen molar-refractivity contribution in [2.24, 2.45) is 0 Å². The molecule has 0 radical (unpaired) electrons. The van der Waals surface area contributed by atoms with Gasteiger partial charge in [-0.1, -0.05) is 18.6 Å². The second-order valence-corrected chi connectivity index (χ2v) is 7.36. The second kappa shape index (κ2) is 8.09. The molecule has 1 fully saturated rings. The highest BCUT2D eigenvalue weighted by atomic mass is 19.1. The van der Waals surface area contributed by atoms with E-state index in [1.165, 1.54) is 37.0 Å². The molecule has 1 saturated heterocycles. The zero-order valence-corrected chi connectivity index (χ0v) is 15.5. The van der Waals surface area contributed by atoms with Crippen molar-refractivity contribution in [3.8, 4) is 5.75 Å². The van der Waals surface area contributed by atoms with Crippen LogP contribution in [0, 0.1) is 5.82 Å². The summed E-state index contributed by atoms with van der Waals surface area (Å²) in [6.45, 7) is 4.66. The van der Waals surface area contributed by atoms with Crippen LogP contribution in [-0.4, -0.2) is 41.9 Å². The average Bonchev–Trinajstić information content (AvgIpc) is 2.90. The molecule has 0 bridgehead atoms. The minimum atomic E-state index is -0.392. The Morgan fingerprint density at radius 1 is 1.04 bits per heavy atom. The molecule has 0 N–H and O–H groups in total. The fourth-order valence-corrected chi connectivity index (χ4v) is 3.90. The predicted octanol–water partition coefficient (Wildman–Crippen LogP) is 3.85. The summed E-state index contributed by atoms with van der Waals surface area (Å²) < 4.78 is 19.3. The number of amides is 1. The SMILES string of the molecule is O=C(c1cccc(F)c1)N1CCOc2ccc(CN3CCCCC3)cc2C1. The number of carbonyl (C=O) groups excluding carboxylic acids is 1. The first kappa shape index (κ1) is 18.0. The van der Waals surface area contributed by atoms with Crippen LogP contribution >= 0.6 is 0 Å². The lowest BCUT2D eigenvalue weighted by Gasteiger charge is -2.26. The smallest absolute Gasteiger partial charge is 0.254 e. The molecular weight excluding hydrogens is 343 g/mol. The summed E-state index contributed by atoms with van der Waals surface area (Å²) in [7, 11) is 0. The van der Waals surface area contributed by atoms with E-state index in [0.717, 1.165) is 30.9 Å². The number of benzene rings is 2. The lowest BCUT2D eigenvalue weighted by molar-refractivity contribution is 0.0732. The Balaban J connectivity index is 1.51. The summed E-state index contributed by atoms with van der Waals surface area (Å²) >= 11 is 0. The molecule has 2 aromatic carbocycles. The average molecular weight is 368 g/mol. The van der Waals surface area contributed by atoms with Crippen LogP contribution in [0.5, 0.6) is 5.75 Å². The molecular formula is C22H25FN2O2. The summed E-state index contributed by atoms with van der Waals surface area (Å²) in [4.78, 5) is 17.0. The van der Waals surface area contributed by atoms with Gasteiger partial charge in [0.15, 0.2) is 0 Å². The van der Waals surface area contributed by atoms with Gasteiger partial charge in [0.25, 0.3) is 5.91 Å². The fourth-order valence-electron chi connectivity index (χ4n) is 3.90. The van der Waals surface area contributed by atoms with Gasteiger partial charge in [-0.2, -0.15) is 0 Å². The quantitative estimate of drug-likeness (QED) is 0.825. The second-order valence-electron chi connectivity index (χ2n) is 7.36. The monoisotopic (exact) mass is 368 g/mol. The lowest BCUT2D eigenvalue weighted by Crippen LogP contribution is -2.32. The molecule has 2 aliphatic heterocycles. The third-order valence-electron chi connectivity index (χ3n) is 5.32. The Hall–Kier alpha value is -2.40. The number of hydrogen-bond donors (Lipinski definition) is 0. The van der Waals surface area contributed by atoms with Crippen LogP contribution in [0.1, 0.15) is 40.7 Å². The van der Waals surface area contributed by atoms with Gasteiger partial charge in [-0.25, -0.2) is 4.39 Å². The van der Waals surface area contributed by atoms with E-state index in [0.29, 0.717) is 25.3 Å². The van der Waals surface area contributed by atoms with Crippen molar-refractivity contribution in [1.29, 1.82) is 0 Å². The van der Waals surface area contributed by atoms with Crippen LogP contribution in [0.3, 0.4) is 0 Å². The summed E-state index contributed by atoms with van der Waals surface area (Å²) in [5, 5.41) is 0. The van der Waals surface area contributed by atoms with Crippen molar-refractivity contribution in [3.63, 3.8) is 0 Å². The molecule has 4 rings (SSSR count). The molecule has 2 aliphatic rings. The topological polar surface area (TPSA) is 32.8 Å². The molecule has 2 aromatic rings. The van der Waals surface area contributed by atoms with Crippen LogP contribution in [0.15, 0.2) is 42.5 Å². The van der Waals surface area contributed by atoms with Crippen LogP contribution < -0.4 is 4.74 Å². The maximum atomic E-state index is 13.5. The molecule has 2 heterocycles. The first-order valence-electron chi connectivity index (χ1n) is 9.71. The molecule has 4 nitrogen and oxygen atoms in total. The number of ether oxygens (including phenoxy) is 1. The van der Waals surface area contributed by atoms with E-state index in [2.05, 4.69) is 17.0 Å². The normalized spacial score (nSPS) is 17.7. The molecule has 0 aromatic heterocycles. The maximum Gasteiger partial charge on any atom is 0.254 e. The van der Waals surface area contributed by atoms with Gasteiger partial charge < -0.3 is 9.64 Å². The number of piperidine rings is 1. The highest BCUT2D eigenvalue weighted by Gasteiger charge is 2.22. The van der Waals surface area contributed by atoms with Crippen molar-refractivity contribution < 1.29 is 13.9 Å². The van der Waals surface area contributed by atoms with Crippen LogP contribution in [-0.2, 0) is 13.1 Å². The van der Waals surface area contributed by atoms with Crippen LogP contribution in [0.2, 0.25) is 0 Å². The van der Waals surface area contributed by atoms with Gasteiger partial charge in [0.2, 0.25) is 0 Å². The zero-order chi connectivity index (χ0) is 18.6. The highest BCUT2D eigenvalue weighted by molar-refractivity contribution is 5.94. The number of hydrogen-bond acceptors (Lipinski definition) is 3. The van der Waals surface area contributed by atoms with Crippen LogP contribution in [0.25, 0.3) is 0 Å². The van der Waals surface area contributed by atoms with Crippen molar-refractivity contribution in [3.05, 3.63) is 65.0 Å². The van der Waals surface area contributed by atoms with Crippen molar-refractivity contribution in [1.82, 2.24) is 9.80 Å².